The first-order valence-corrected chi connectivity index (χ1v) is 7.31. The van der Waals surface area contributed by atoms with Crippen LogP contribution in [0.4, 0.5) is 15.8 Å². The van der Waals surface area contributed by atoms with Gasteiger partial charge in [0.1, 0.15) is 5.82 Å². The number of hydrogen-bond donors (Lipinski definition) is 2. The molecule has 0 fully saturated rings. The Hall–Kier alpha value is -2.21. The molecule has 0 aliphatic carbocycles. The number of anilines is 2. The fourth-order valence-corrected chi connectivity index (χ4v) is 2.48. The van der Waals surface area contributed by atoms with Crippen LogP contribution in [0.1, 0.15) is 22.8 Å². The number of halogens is 2. The largest absolute Gasteiger partial charge is 0.326 e. The summed E-state index contributed by atoms with van der Waals surface area (Å²) in [6.07, 6.45) is 0. The summed E-state index contributed by atoms with van der Waals surface area (Å²) in [5, 5.41) is 5.15. The predicted octanol–water partition coefficient (Wildman–Crippen LogP) is 4.11. The van der Waals surface area contributed by atoms with Crippen LogP contribution in [-0.2, 0) is 4.79 Å². The van der Waals surface area contributed by atoms with E-state index >= 15 is 0 Å². The van der Waals surface area contributed by atoms with Crippen LogP contribution in [0, 0.1) is 12.7 Å². The first-order valence-electron chi connectivity index (χ1n) is 6.51. The van der Waals surface area contributed by atoms with E-state index < -0.39 is 11.7 Å². The summed E-state index contributed by atoms with van der Waals surface area (Å²) in [5.74, 6) is -1.54. The molecular formula is C16H14BrFN2O2. The predicted molar refractivity (Wildman–Crippen MR) is 87.5 cm³/mol. The molecule has 0 unspecified atom stereocenters. The zero-order chi connectivity index (χ0) is 16.3. The highest BCUT2D eigenvalue weighted by Gasteiger charge is 2.14. The smallest absolute Gasteiger partial charge is 0.258 e. The van der Waals surface area contributed by atoms with Gasteiger partial charge < -0.3 is 10.6 Å². The fraction of sp³-hybridized carbons (Fsp3) is 0.125. The number of benzene rings is 2. The van der Waals surface area contributed by atoms with Gasteiger partial charge >= 0.3 is 0 Å². The van der Waals surface area contributed by atoms with Crippen molar-refractivity contribution in [2.45, 2.75) is 13.8 Å². The van der Waals surface area contributed by atoms with Crippen molar-refractivity contribution in [2.24, 2.45) is 0 Å². The van der Waals surface area contributed by atoms with Crippen LogP contribution >= 0.6 is 15.9 Å². The van der Waals surface area contributed by atoms with E-state index in [1.165, 1.54) is 19.1 Å². The molecule has 2 aromatic carbocycles. The van der Waals surface area contributed by atoms with E-state index in [1.807, 2.05) is 19.1 Å². The van der Waals surface area contributed by atoms with E-state index in [9.17, 15) is 14.0 Å². The zero-order valence-corrected chi connectivity index (χ0v) is 13.6. The molecule has 0 aromatic heterocycles. The van der Waals surface area contributed by atoms with Crippen LogP contribution in [0.3, 0.4) is 0 Å². The number of nitrogens with one attached hydrogen (secondary N) is 2. The van der Waals surface area contributed by atoms with Crippen LogP contribution in [0.15, 0.2) is 40.9 Å². The van der Waals surface area contributed by atoms with Crippen molar-refractivity contribution < 1.29 is 14.0 Å². The summed E-state index contributed by atoms with van der Waals surface area (Å²) in [4.78, 5) is 23.3. The van der Waals surface area contributed by atoms with E-state index in [0.29, 0.717) is 15.8 Å². The number of aryl methyl sites for hydroxylation is 1. The second kappa shape index (κ2) is 6.70. The average Bonchev–Trinajstić information content (AvgIpc) is 2.43. The molecule has 0 spiro atoms. The molecular weight excluding hydrogens is 351 g/mol. The molecule has 0 bridgehead atoms. The van der Waals surface area contributed by atoms with E-state index in [2.05, 4.69) is 26.6 Å². The van der Waals surface area contributed by atoms with Gasteiger partial charge in [-0.1, -0.05) is 6.07 Å². The fourth-order valence-electron chi connectivity index (χ4n) is 1.89. The number of carbonyl (C=O) groups is 2. The SMILES string of the molecule is CC(=O)Nc1ccc(F)c(C(=O)Nc2ccc(C)cc2Br)c1. The van der Waals surface area contributed by atoms with Gasteiger partial charge in [-0.3, -0.25) is 9.59 Å². The molecule has 2 rings (SSSR count). The van der Waals surface area contributed by atoms with Crippen LogP contribution < -0.4 is 10.6 Å². The molecule has 0 aliphatic rings. The van der Waals surface area contributed by atoms with Crippen LogP contribution in [0.2, 0.25) is 0 Å². The third-order valence-corrected chi connectivity index (χ3v) is 3.56. The topological polar surface area (TPSA) is 58.2 Å². The molecule has 4 nitrogen and oxygen atoms in total. The maximum absolute atomic E-state index is 13.8. The van der Waals surface area contributed by atoms with Gasteiger partial charge in [0.05, 0.1) is 11.3 Å². The first-order chi connectivity index (χ1) is 10.4. The molecule has 6 heteroatoms. The van der Waals surface area contributed by atoms with Crippen LogP contribution in [-0.4, -0.2) is 11.8 Å². The monoisotopic (exact) mass is 364 g/mol. The average molecular weight is 365 g/mol. The van der Waals surface area contributed by atoms with E-state index in [0.717, 1.165) is 11.6 Å². The molecule has 114 valence electrons. The number of amides is 2. The Morgan fingerprint density at radius 3 is 2.45 bits per heavy atom. The number of rotatable bonds is 3. The molecule has 2 N–H and O–H groups in total. The Kier molecular flexibility index (Phi) is 4.92. The second-order valence-corrected chi connectivity index (χ2v) is 5.67. The van der Waals surface area contributed by atoms with Gasteiger partial charge in [0, 0.05) is 17.1 Å². The van der Waals surface area contributed by atoms with E-state index in [-0.39, 0.29) is 11.5 Å². The zero-order valence-electron chi connectivity index (χ0n) is 12.0. The lowest BCUT2D eigenvalue weighted by Gasteiger charge is -2.10. The lowest BCUT2D eigenvalue weighted by molar-refractivity contribution is -0.114. The summed E-state index contributed by atoms with van der Waals surface area (Å²) in [7, 11) is 0. The molecule has 0 aliphatic heterocycles. The van der Waals surface area contributed by atoms with Gasteiger partial charge in [-0.2, -0.15) is 0 Å². The van der Waals surface area contributed by atoms with Gasteiger partial charge in [-0.15, -0.1) is 0 Å². The highest BCUT2D eigenvalue weighted by Crippen LogP contribution is 2.24. The minimum Gasteiger partial charge on any atom is -0.326 e. The van der Waals surface area contributed by atoms with Gasteiger partial charge in [0.15, 0.2) is 0 Å². The Balaban J connectivity index is 2.26. The Morgan fingerprint density at radius 2 is 1.82 bits per heavy atom. The molecule has 0 atom stereocenters. The summed E-state index contributed by atoms with van der Waals surface area (Å²) in [6.45, 7) is 3.26. The highest BCUT2D eigenvalue weighted by atomic mass is 79.9. The van der Waals surface area contributed by atoms with Crippen LogP contribution in [0.25, 0.3) is 0 Å². The number of carbonyl (C=O) groups excluding carboxylic acids is 2. The maximum Gasteiger partial charge on any atom is 0.258 e. The lowest BCUT2D eigenvalue weighted by Crippen LogP contribution is -2.15. The van der Waals surface area contributed by atoms with Gasteiger partial charge in [-0.25, -0.2) is 4.39 Å². The van der Waals surface area contributed by atoms with Crippen molar-refractivity contribution in [1.82, 2.24) is 0 Å². The Morgan fingerprint density at radius 1 is 1.09 bits per heavy atom. The highest BCUT2D eigenvalue weighted by molar-refractivity contribution is 9.10. The quantitative estimate of drug-likeness (QED) is 0.860. The minimum absolute atomic E-state index is 0.140. The summed E-state index contributed by atoms with van der Waals surface area (Å²) in [5.41, 5.74) is 1.80. The number of hydrogen-bond acceptors (Lipinski definition) is 2. The van der Waals surface area contributed by atoms with E-state index in [1.54, 1.807) is 6.07 Å². The van der Waals surface area contributed by atoms with Crippen molar-refractivity contribution >= 4 is 39.1 Å². The Bertz CT molecular complexity index is 747. The summed E-state index contributed by atoms with van der Waals surface area (Å²) in [6, 6.07) is 9.25. The van der Waals surface area contributed by atoms with Crippen LogP contribution in [0.5, 0.6) is 0 Å². The molecule has 0 saturated heterocycles. The third kappa shape index (κ3) is 3.92. The van der Waals surface area contributed by atoms with Gasteiger partial charge in [-0.05, 0) is 58.7 Å². The normalized spacial score (nSPS) is 10.2. The van der Waals surface area contributed by atoms with Crippen molar-refractivity contribution in [3.63, 3.8) is 0 Å². The first kappa shape index (κ1) is 16.2. The molecule has 0 saturated carbocycles. The minimum atomic E-state index is -0.658. The lowest BCUT2D eigenvalue weighted by atomic mass is 10.1. The van der Waals surface area contributed by atoms with Gasteiger partial charge in [0.2, 0.25) is 5.91 Å². The summed E-state index contributed by atoms with van der Waals surface area (Å²) < 4.78 is 14.5. The van der Waals surface area contributed by atoms with Crippen molar-refractivity contribution in [2.75, 3.05) is 10.6 Å². The van der Waals surface area contributed by atoms with E-state index in [4.69, 9.17) is 0 Å². The van der Waals surface area contributed by atoms with Crippen molar-refractivity contribution in [3.05, 3.63) is 57.8 Å². The molecule has 0 heterocycles. The molecule has 22 heavy (non-hydrogen) atoms. The molecule has 2 amide bonds. The third-order valence-electron chi connectivity index (χ3n) is 2.90. The standard InChI is InChI=1S/C16H14BrFN2O2/c1-9-3-6-15(13(17)7-9)20-16(22)12-8-11(19-10(2)21)4-5-14(12)18/h3-8H,1-2H3,(H,19,21)(H,20,22). The molecule has 0 radical (unpaired) electrons. The van der Waals surface area contributed by atoms with Gasteiger partial charge in [0.25, 0.3) is 5.91 Å². The maximum atomic E-state index is 13.8. The molecule has 2 aromatic rings. The Labute approximate surface area is 135 Å². The summed E-state index contributed by atoms with van der Waals surface area (Å²) >= 11 is 3.35. The van der Waals surface area contributed by atoms with Crippen molar-refractivity contribution in [3.8, 4) is 0 Å². The van der Waals surface area contributed by atoms with Crippen molar-refractivity contribution in [1.29, 1.82) is 0 Å². The second-order valence-electron chi connectivity index (χ2n) is 4.81.